The second-order valence-corrected chi connectivity index (χ2v) is 2.92. The minimum atomic E-state index is -0.998. The third kappa shape index (κ3) is 2.95. The van der Waals surface area contributed by atoms with Crippen LogP contribution in [-0.2, 0) is 16.0 Å². The molecule has 4 nitrogen and oxygen atoms in total. The van der Waals surface area contributed by atoms with Crippen molar-refractivity contribution >= 4 is 5.97 Å². The van der Waals surface area contributed by atoms with E-state index in [1.807, 2.05) is 0 Å². The molecule has 0 amide bonds. The average Bonchev–Trinajstić information content (AvgIpc) is 2.20. The molecular weight excluding hydrogens is 206 g/mol. The normalized spacial score (nSPS) is 12.3. The lowest BCUT2D eigenvalue weighted by molar-refractivity contribution is -0.142. The number of esters is 1. The van der Waals surface area contributed by atoms with Crippen molar-refractivity contribution in [1.29, 1.82) is 0 Å². The monoisotopic (exact) mass is 216 g/mol. The van der Waals surface area contributed by atoms with Crippen molar-refractivity contribution < 1.29 is 18.3 Å². The summed E-state index contributed by atoms with van der Waals surface area (Å²) in [6.45, 7) is 0. The molecule has 0 aliphatic rings. The quantitative estimate of drug-likeness (QED) is 0.743. The molecule has 82 valence electrons. The van der Waals surface area contributed by atoms with E-state index in [1.165, 1.54) is 7.11 Å². The summed E-state index contributed by atoms with van der Waals surface area (Å²) < 4.78 is 29.9. The summed E-state index contributed by atoms with van der Waals surface area (Å²) in [7, 11) is 1.18. The number of methoxy groups -OCH3 is 1. The molecule has 0 spiro atoms. The van der Waals surface area contributed by atoms with E-state index in [2.05, 4.69) is 9.72 Å². The molecule has 0 radical (unpaired) electrons. The van der Waals surface area contributed by atoms with Gasteiger partial charge >= 0.3 is 5.97 Å². The lowest BCUT2D eigenvalue weighted by Gasteiger charge is -2.08. The number of rotatable bonds is 3. The lowest BCUT2D eigenvalue weighted by atomic mass is 10.1. The second kappa shape index (κ2) is 4.79. The number of carbonyl (C=O) groups is 1. The van der Waals surface area contributed by atoms with E-state index in [0.29, 0.717) is 6.07 Å². The fourth-order valence-electron chi connectivity index (χ4n) is 1.04. The Morgan fingerprint density at radius 2 is 2.33 bits per heavy atom. The predicted molar refractivity (Wildman–Crippen MR) is 47.8 cm³/mol. The highest BCUT2D eigenvalue weighted by Crippen LogP contribution is 2.08. The van der Waals surface area contributed by atoms with E-state index in [0.717, 1.165) is 6.20 Å². The molecule has 0 unspecified atom stereocenters. The first-order valence-electron chi connectivity index (χ1n) is 4.18. The maximum absolute atomic E-state index is 13.1. The first kappa shape index (κ1) is 11.5. The molecule has 0 bridgehead atoms. The SMILES string of the molecule is COC(=O)[C@@H](N)Cc1ncc(F)cc1F. The van der Waals surface area contributed by atoms with Gasteiger partial charge in [-0.25, -0.2) is 8.78 Å². The number of halogens is 2. The van der Waals surface area contributed by atoms with E-state index >= 15 is 0 Å². The van der Waals surface area contributed by atoms with Crippen molar-refractivity contribution in [2.24, 2.45) is 5.73 Å². The molecule has 15 heavy (non-hydrogen) atoms. The van der Waals surface area contributed by atoms with E-state index in [1.54, 1.807) is 0 Å². The second-order valence-electron chi connectivity index (χ2n) is 2.92. The van der Waals surface area contributed by atoms with Crippen molar-refractivity contribution in [3.8, 4) is 0 Å². The van der Waals surface area contributed by atoms with Crippen molar-refractivity contribution in [3.05, 3.63) is 29.6 Å². The summed E-state index contributed by atoms with van der Waals surface area (Å²) in [6.07, 6.45) is 0.737. The van der Waals surface area contributed by atoms with Gasteiger partial charge in [-0.3, -0.25) is 9.78 Å². The zero-order chi connectivity index (χ0) is 11.4. The Bertz CT molecular complexity index is 371. The number of aromatic nitrogens is 1. The van der Waals surface area contributed by atoms with Crippen LogP contribution in [0.15, 0.2) is 12.3 Å². The summed E-state index contributed by atoms with van der Waals surface area (Å²) >= 11 is 0. The Labute approximate surface area is 85.1 Å². The topological polar surface area (TPSA) is 65.2 Å². The van der Waals surface area contributed by atoms with Crippen molar-refractivity contribution in [2.45, 2.75) is 12.5 Å². The third-order valence-electron chi connectivity index (χ3n) is 1.80. The molecule has 0 saturated heterocycles. The number of ether oxygens (including phenoxy) is 1. The highest BCUT2D eigenvalue weighted by Gasteiger charge is 2.17. The molecule has 1 rings (SSSR count). The largest absolute Gasteiger partial charge is 0.468 e. The summed E-state index contributed by atoms with van der Waals surface area (Å²) in [5, 5.41) is 0. The van der Waals surface area contributed by atoms with Gasteiger partial charge in [-0.2, -0.15) is 0 Å². The van der Waals surface area contributed by atoms with Crippen LogP contribution >= 0.6 is 0 Å². The molecule has 0 aromatic carbocycles. The molecule has 2 N–H and O–H groups in total. The zero-order valence-electron chi connectivity index (χ0n) is 8.04. The van der Waals surface area contributed by atoms with Gasteiger partial charge in [-0.05, 0) is 0 Å². The highest BCUT2D eigenvalue weighted by atomic mass is 19.1. The number of nitrogens with two attached hydrogens (primary N) is 1. The number of hydrogen-bond donors (Lipinski definition) is 1. The van der Waals surface area contributed by atoms with Gasteiger partial charge in [0.05, 0.1) is 19.0 Å². The average molecular weight is 216 g/mol. The van der Waals surface area contributed by atoms with Crippen LogP contribution in [-0.4, -0.2) is 24.1 Å². The Morgan fingerprint density at radius 1 is 1.67 bits per heavy atom. The molecule has 1 atom stereocenters. The molecule has 1 aromatic heterocycles. The van der Waals surface area contributed by atoms with Gasteiger partial charge < -0.3 is 10.5 Å². The summed E-state index contributed by atoms with van der Waals surface area (Å²) in [6, 6.07) is -0.311. The molecule has 1 heterocycles. The first-order valence-corrected chi connectivity index (χ1v) is 4.18. The minimum Gasteiger partial charge on any atom is -0.468 e. The number of nitrogens with zero attached hydrogens (tertiary/aromatic N) is 1. The van der Waals surface area contributed by atoms with Crippen LogP contribution in [0.4, 0.5) is 8.78 Å². The standard InChI is InChI=1S/C9H10F2N2O2/c1-15-9(14)7(12)3-8-6(11)2-5(10)4-13-8/h2,4,7H,3,12H2,1H3/t7-/m0/s1. The number of carbonyl (C=O) groups excluding carboxylic acids is 1. The van der Waals surface area contributed by atoms with Gasteiger partial charge in [0.2, 0.25) is 0 Å². The van der Waals surface area contributed by atoms with Crippen LogP contribution < -0.4 is 5.73 Å². The molecule has 0 aliphatic heterocycles. The van der Waals surface area contributed by atoms with Crippen LogP contribution in [0.25, 0.3) is 0 Å². The summed E-state index contributed by atoms with van der Waals surface area (Å²) in [5.74, 6) is -2.27. The van der Waals surface area contributed by atoms with E-state index in [9.17, 15) is 13.6 Å². The first-order chi connectivity index (χ1) is 7.04. The summed E-state index contributed by atoms with van der Waals surface area (Å²) in [4.78, 5) is 14.4. The van der Waals surface area contributed by atoms with Gasteiger partial charge in [0.15, 0.2) is 0 Å². The van der Waals surface area contributed by atoms with Crippen LogP contribution in [0.5, 0.6) is 0 Å². The van der Waals surface area contributed by atoms with Crippen molar-refractivity contribution in [1.82, 2.24) is 4.98 Å². The molecule has 0 aliphatic carbocycles. The molecule has 1 aromatic rings. The Morgan fingerprint density at radius 3 is 2.87 bits per heavy atom. The van der Waals surface area contributed by atoms with Crippen LogP contribution in [0.2, 0.25) is 0 Å². The Hall–Kier alpha value is -1.56. The molecular formula is C9H10F2N2O2. The lowest BCUT2D eigenvalue weighted by Crippen LogP contribution is -2.34. The van der Waals surface area contributed by atoms with E-state index in [4.69, 9.17) is 5.73 Å². The molecule has 0 fully saturated rings. The third-order valence-corrected chi connectivity index (χ3v) is 1.80. The molecule has 6 heteroatoms. The Balaban J connectivity index is 2.76. The summed E-state index contributed by atoms with van der Waals surface area (Å²) in [5.41, 5.74) is 5.33. The van der Waals surface area contributed by atoms with Crippen molar-refractivity contribution in [2.75, 3.05) is 7.11 Å². The van der Waals surface area contributed by atoms with E-state index < -0.39 is 23.6 Å². The highest BCUT2D eigenvalue weighted by molar-refractivity contribution is 5.75. The number of hydrogen-bond acceptors (Lipinski definition) is 4. The maximum atomic E-state index is 13.1. The predicted octanol–water partition coefficient (Wildman–Crippen LogP) is 0.403. The minimum absolute atomic E-state index is 0.0608. The fraction of sp³-hybridized carbons (Fsp3) is 0.333. The van der Waals surface area contributed by atoms with Gasteiger partial charge in [0.1, 0.15) is 17.7 Å². The van der Waals surface area contributed by atoms with Crippen LogP contribution in [0.1, 0.15) is 5.69 Å². The molecule has 0 saturated carbocycles. The maximum Gasteiger partial charge on any atom is 0.323 e. The van der Waals surface area contributed by atoms with Crippen molar-refractivity contribution in [3.63, 3.8) is 0 Å². The van der Waals surface area contributed by atoms with Gasteiger partial charge in [0, 0.05) is 12.5 Å². The zero-order valence-corrected chi connectivity index (χ0v) is 8.04. The van der Waals surface area contributed by atoms with Gasteiger partial charge in [-0.1, -0.05) is 0 Å². The van der Waals surface area contributed by atoms with Crippen LogP contribution in [0.3, 0.4) is 0 Å². The van der Waals surface area contributed by atoms with Crippen LogP contribution in [0, 0.1) is 11.6 Å². The Kier molecular flexibility index (Phi) is 3.68. The van der Waals surface area contributed by atoms with E-state index in [-0.39, 0.29) is 12.1 Å². The van der Waals surface area contributed by atoms with Gasteiger partial charge in [0.25, 0.3) is 0 Å². The number of pyridine rings is 1. The fourth-order valence-corrected chi connectivity index (χ4v) is 1.04. The van der Waals surface area contributed by atoms with Gasteiger partial charge in [-0.15, -0.1) is 0 Å². The smallest absolute Gasteiger partial charge is 0.323 e.